The minimum atomic E-state index is -0.181. The molecule has 1 aliphatic carbocycles. The van der Waals surface area contributed by atoms with E-state index in [1.807, 2.05) is 19.1 Å². The van der Waals surface area contributed by atoms with Crippen molar-refractivity contribution < 1.29 is 9.53 Å². The van der Waals surface area contributed by atoms with Gasteiger partial charge in [-0.15, -0.1) is 0 Å². The number of amides is 1. The van der Waals surface area contributed by atoms with Crippen molar-refractivity contribution in [3.63, 3.8) is 0 Å². The van der Waals surface area contributed by atoms with E-state index in [0.29, 0.717) is 28.7 Å². The maximum atomic E-state index is 12.2. The second kappa shape index (κ2) is 5.52. The number of ether oxygens (including phenoxy) is 1. The first kappa shape index (κ1) is 13.5. The largest absolute Gasteiger partial charge is 0.481 e. The Kier molecular flexibility index (Phi) is 3.56. The monoisotopic (exact) mass is 283 g/mol. The Balaban J connectivity index is 1.73. The Bertz CT molecular complexity index is 664. The zero-order valence-corrected chi connectivity index (χ0v) is 12.1. The van der Waals surface area contributed by atoms with Gasteiger partial charge in [-0.25, -0.2) is 4.98 Å². The van der Waals surface area contributed by atoms with Gasteiger partial charge in [-0.05, 0) is 38.0 Å². The van der Waals surface area contributed by atoms with Crippen LogP contribution in [0.2, 0.25) is 0 Å². The Hall–Kier alpha value is -2.43. The van der Waals surface area contributed by atoms with Gasteiger partial charge in [0.2, 0.25) is 5.88 Å². The third-order valence-corrected chi connectivity index (χ3v) is 3.56. The van der Waals surface area contributed by atoms with Crippen molar-refractivity contribution in [2.24, 2.45) is 0 Å². The van der Waals surface area contributed by atoms with Crippen LogP contribution in [0, 0.1) is 6.92 Å². The fourth-order valence-corrected chi connectivity index (χ4v) is 2.14. The van der Waals surface area contributed by atoms with E-state index in [4.69, 9.17) is 4.74 Å². The zero-order valence-electron chi connectivity index (χ0n) is 12.1. The number of hydrogen-bond acceptors (Lipinski definition) is 4. The number of anilines is 1. The summed E-state index contributed by atoms with van der Waals surface area (Å²) in [5, 5.41) is 2.85. The molecule has 5 nitrogen and oxygen atoms in total. The summed E-state index contributed by atoms with van der Waals surface area (Å²) in [5.74, 6) is 0.941. The predicted molar refractivity (Wildman–Crippen MR) is 79.7 cm³/mol. The molecule has 1 amide bonds. The van der Waals surface area contributed by atoms with Crippen LogP contribution in [0.25, 0.3) is 0 Å². The molecule has 3 rings (SSSR count). The molecule has 1 fully saturated rings. The van der Waals surface area contributed by atoms with Gasteiger partial charge in [-0.3, -0.25) is 9.78 Å². The van der Waals surface area contributed by atoms with Gasteiger partial charge < -0.3 is 10.1 Å². The molecule has 0 unspecified atom stereocenters. The highest BCUT2D eigenvalue weighted by molar-refractivity contribution is 6.04. The van der Waals surface area contributed by atoms with E-state index < -0.39 is 0 Å². The van der Waals surface area contributed by atoms with E-state index >= 15 is 0 Å². The first-order chi connectivity index (χ1) is 10.2. The molecule has 21 heavy (non-hydrogen) atoms. The maximum Gasteiger partial charge on any atom is 0.257 e. The molecule has 5 heteroatoms. The average Bonchev–Trinajstić information content (AvgIpc) is 3.34. The van der Waals surface area contributed by atoms with Gasteiger partial charge >= 0.3 is 0 Å². The summed E-state index contributed by atoms with van der Waals surface area (Å²) < 4.78 is 5.05. The van der Waals surface area contributed by atoms with Crippen LogP contribution in [-0.2, 0) is 0 Å². The summed E-state index contributed by atoms with van der Waals surface area (Å²) in [7, 11) is 1.56. The maximum absolute atomic E-state index is 12.2. The van der Waals surface area contributed by atoms with E-state index in [0.717, 1.165) is 5.69 Å². The Morgan fingerprint density at radius 3 is 2.67 bits per heavy atom. The molecule has 2 aromatic heterocycles. The van der Waals surface area contributed by atoms with Crippen molar-refractivity contribution >= 4 is 11.6 Å². The molecule has 2 heterocycles. The van der Waals surface area contributed by atoms with E-state index in [1.54, 1.807) is 25.4 Å². The van der Waals surface area contributed by atoms with Crippen LogP contribution in [0.4, 0.5) is 5.69 Å². The van der Waals surface area contributed by atoms with E-state index in [9.17, 15) is 4.79 Å². The third kappa shape index (κ3) is 3.02. The van der Waals surface area contributed by atoms with Crippen molar-refractivity contribution in [2.75, 3.05) is 12.4 Å². The lowest BCUT2D eigenvalue weighted by Gasteiger charge is -2.09. The van der Waals surface area contributed by atoms with Gasteiger partial charge in [0, 0.05) is 23.9 Å². The highest BCUT2D eigenvalue weighted by atomic mass is 16.5. The fraction of sp³-hybridized carbons (Fsp3) is 0.312. The van der Waals surface area contributed by atoms with Crippen molar-refractivity contribution in [1.29, 1.82) is 0 Å². The number of carbonyl (C=O) groups excluding carboxylic acids is 1. The number of hydrogen-bond donors (Lipinski definition) is 1. The van der Waals surface area contributed by atoms with Gasteiger partial charge in [-0.2, -0.15) is 0 Å². The highest BCUT2D eigenvalue weighted by Crippen LogP contribution is 2.38. The molecule has 0 aliphatic heterocycles. The normalized spacial score (nSPS) is 13.8. The number of aromatic nitrogens is 2. The number of aryl methyl sites for hydroxylation is 1. The number of rotatable bonds is 4. The van der Waals surface area contributed by atoms with Crippen molar-refractivity contribution in [3.05, 3.63) is 47.4 Å². The minimum absolute atomic E-state index is 0.181. The lowest BCUT2D eigenvalue weighted by atomic mass is 10.2. The van der Waals surface area contributed by atoms with Crippen LogP contribution in [0.1, 0.15) is 40.5 Å². The molecular weight excluding hydrogens is 266 g/mol. The zero-order chi connectivity index (χ0) is 14.8. The Morgan fingerprint density at radius 1 is 1.29 bits per heavy atom. The number of nitrogens with zero attached hydrogens (tertiary/aromatic N) is 2. The lowest BCUT2D eigenvalue weighted by molar-refractivity contribution is 0.102. The fourth-order valence-electron chi connectivity index (χ4n) is 2.14. The van der Waals surface area contributed by atoms with Crippen LogP contribution in [0.15, 0.2) is 30.5 Å². The van der Waals surface area contributed by atoms with Crippen LogP contribution >= 0.6 is 0 Å². The molecule has 108 valence electrons. The molecule has 0 saturated heterocycles. The van der Waals surface area contributed by atoms with E-state index in [-0.39, 0.29) is 5.91 Å². The number of nitrogens with one attached hydrogen (secondary N) is 1. The first-order valence-electron chi connectivity index (χ1n) is 6.96. The van der Waals surface area contributed by atoms with Gasteiger partial charge in [0.05, 0.1) is 24.1 Å². The number of carbonyl (C=O) groups is 1. The van der Waals surface area contributed by atoms with Crippen molar-refractivity contribution in [1.82, 2.24) is 9.97 Å². The van der Waals surface area contributed by atoms with Gasteiger partial charge in [0.25, 0.3) is 5.91 Å². The molecule has 1 aliphatic rings. The summed E-state index contributed by atoms with van der Waals surface area (Å²) >= 11 is 0. The molecule has 0 aromatic carbocycles. The molecule has 2 aromatic rings. The lowest BCUT2D eigenvalue weighted by Crippen LogP contribution is -2.13. The van der Waals surface area contributed by atoms with Crippen LogP contribution in [0.3, 0.4) is 0 Å². The first-order valence-corrected chi connectivity index (χ1v) is 6.96. The van der Waals surface area contributed by atoms with Gasteiger partial charge in [0.15, 0.2) is 0 Å². The molecule has 1 saturated carbocycles. The predicted octanol–water partition coefficient (Wildman–Crippen LogP) is 2.92. The summed E-state index contributed by atoms with van der Waals surface area (Å²) in [6, 6.07) is 7.26. The third-order valence-electron chi connectivity index (χ3n) is 3.56. The van der Waals surface area contributed by atoms with Gasteiger partial charge in [0.1, 0.15) is 0 Å². The quantitative estimate of drug-likeness (QED) is 0.937. The standard InChI is InChI=1S/C16H17N3O2/c1-10-13(7-8-15(18-10)21-2)19-16(20)12-5-6-14(17-9-12)11-3-4-11/h5-9,11H,3-4H2,1-2H3,(H,19,20). The van der Waals surface area contributed by atoms with E-state index in [2.05, 4.69) is 15.3 Å². The topological polar surface area (TPSA) is 64.1 Å². The molecule has 0 radical (unpaired) electrons. The average molecular weight is 283 g/mol. The number of pyridine rings is 2. The van der Waals surface area contributed by atoms with Crippen LogP contribution in [-0.4, -0.2) is 23.0 Å². The molecule has 0 atom stereocenters. The molecule has 1 N–H and O–H groups in total. The molecular formula is C16H17N3O2. The number of methoxy groups -OCH3 is 1. The second-order valence-corrected chi connectivity index (χ2v) is 5.19. The van der Waals surface area contributed by atoms with Crippen LogP contribution < -0.4 is 10.1 Å². The SMILES string of the molecule is COc1ccc(NC(=O)c2ccc(C3CC3)nc2)c(C)n1. The van der Waals surface area contributed by atoms with Crippen molar-refractivity contribution in [2.45, 2.75) is 25.7 Å². The summed E-state index contributed by atoms with van der Waals surface area (Å²) in [6.45, 7) is 1.83. The molecule has 0 bridgehead atoms. The second-order valence-electron chi connectivity index (χ2n) is 5.19. The Morgan fingerprint density at radius 2 is 2.10 bits per heavy atom. The Labute approximate surface area is 123 Å². The minimum Gasteiger partial charge on any atom is -0.481 e. The van der Waals surface area contributed by atoms with E-state index in [1.165, 1.54) is 12.8 Å². The summed E-state index contributed by atoms with van der Waals surface area (Å²) in [6.07, 6.45) is 4.04. The van der Waals surface area contributed by atoms with Crippen molar-refractivity contribution in [3.8, 4) is 5.88 Å². The smallest absolute Gasteiger partial charge is 0.257 e. The summed E-state index contributed by atoms with van der Waals surface area (Å²) in [5.41, 5.74) is 3.01. The van der Waals surface area contributed by atoms with Gasteiger partial charge in [-0.1, -0.05) is 0 Å². The molecule has 0 spiro atoms. The van der Waals surface area contributed by atoms with Crippen LogP contribution in [0.5, 0.6) is 5.88 Å². The highest BCUT2D eigenvalue weighted by Gasteiger charge is 2.24. The summed E-state index contributed by atoms with van der Waals surface area (Å²) in [4.78, 5) is 20.8.